The third-order valence-electron chi connectivity index (χ3n) is 3.30. The van der Waals surface area contributed by atoms with Crippen LogP contribution in [0.4, 0.5) is 14.5 Å². The molecule has 0 spiro atoms. The van der Waals surface area contributed by atoms with E-state index in [-0.39, 0.29) is 17.0 Å². The molecule has 0 aliphatic heterocycles. The van der Waals surface area contributed by atoms with Gasteiger partial charge in [0.1, 0.15) is 11.6 Å². The lowest BCUT2D eigenvalue weighted by atomic mass is 10.1. The number of carbonyl (C=O) groups is 2. The summed E-state index contributed by atoms with van der Waals surface area (Å²) in [6, 6.07) is 9.79. The van der Waals surface area contributed by atoms with Crippen LogP contribution < -0.4 is 10.6 Å². The molecule has 0 bridgehead atoms. The molecule has 0 unspecified atom stereocenters. The van der Waals surface area contributed by atoms with Crippen LogP contribution in [0.25, 0.3) is 6.08 Å². The summed E-state index contributed by atoms with van der Waals surface area (Å²) >= 11 is 0. The second-order valence-corrected chi connectivity index (χ2v) is 6.74. The van der Waals surface area contributed by atoms with Gasteiger partial charge in [-0.05, 0) is 63.2 Å². The summed E-state index contributed by atoms with van der Waals surface area (Å²) in [5.74, 6) is -2.25. The van der Waals surface area contributed by atoms with E-state index in [4.69, 9.17) is 0 Å². The molecule has 0 aliphatic carbocycles. The van der Waals surface area contributed by atoms with E-state index in [9.17, 15) is 18.4 Å². The van der Waals surface area contributed by atoms with E-state index in [2.05, 4.69) is 10.6 Å². The number of hydrogen-bond donors (Lipinski definition) is 2. The smallest absolute Gasteiger partial charge is 0.251 e. The first-order chi connectivity index (χ1) is 12.2. The lowest BCUT2D eigenvalue weighted by Gasteiger charge is -2.20. The van der Waals surface area contributed by atoms with Crippen molar-refractivity contribution < 1.29 is 18.4 Å². The van der Waals surface area contributed by atoms with Crippen LogP contribution in [0.2, 0.25) is 0 Å². The minimum atomic E-state index is -0.747. The molecule has 4 nitrogen and oxygen atoms in total. The van der Waals surface area contributed by atoms with E-state index in [0.717, 1.165) is 24.3 Å². The van der Waals surface area contributed by atoms with E-state index in [1.165, 1.54) is 6.07 Å². The van der Waals surface area contributed by atoms with Gasteiger partial charge < -0.3 is 10.6 Å². The predicted octanol–water partition coefficient (Wildman–Crippen LogP) is 4.15. The van der Waals surface area contributed by atoms with Crippen molar-refractivity contribution in [2.75, 3.05) is 5.32 Å². The molecular formula is C20H20F2N2O2. The van der Waals surface area contributed by atoms with Crippen molar-refractivity contribution in [2.24, 2.45) is 0 Å². The van der Waals surface area contributed by atoms with Crippen LogP contribution in [-0.2, 0) is 4.79 Å². The highest BCUT2D eigenvalue weighted by molar-refractivity contribution is 6.02. The van der Waals surface area contributed by atoms with Gasteiger partial charge >= 0.3 is 0 Å². The van der Waals surface area contributed by atoms with Gasteiger partial charge in [0.25, 0.3) is 5.91 Å². The van der Waals surface area contributed by atoms with Gasteiger partial charge in [0.2, 0.25) is 5.91 Å². The lowest BCUT2D eigenvalue weighted by Crippen LogP contribution is -2.40. The Morgan fingerprint density at radius 1 is 0.962 bits per heavy atom. The molecule has 6 heteroatoms. The number of rotatable bonds is 4. The predicted molar refractivity (Wildman–Crippen MR) is 97.7 cm³/mol. The Morgan fingerprint density at radius 2 is 1.54 bits per heavy atom. The first-order valence-electron chi connectivity index (χ1n) is 8.01. The van der Waals surface area contributed by atoms with Crippen molar-refractivity contribution in [3.8, 4) is 0 Å². The van der Waals surface area contributed by atoms with Crippen LogP contribution in [0.15, 0.2) is 48.5 Å². The fourth-order valence-electron chi connectivity index (χ4n) is 2.13. The van der Waals surface area contributed by atoms with Gasteiger partial charge in [0.05, 0.1) is 0 Å². The van der Waals surface area contributed by atoms with Crippen molar-refractivity contribution in [3.63, 3.8) is 0 Å². The Morgan fingerprint density at radius 3 is 2.08 bits per heavy atom. The fraction of sp³-hybridized carbons (Fsp3) is 0.200. The largest absolute Gasteiger partial charge is 0.347 e. The third kappa shape index (κ3) is 5.51. The van der Waals surface area contributed by atoms with Gasteiger partial charge in [0.15, 0.2) is 0 Å². The van der Waals surface area contributed by atoms with Gasteiger partial charge in [-0.15, -0.1) is 0 Å². The summed E-state index contributed by atoms with van der Waals surface area (Å²) in [5, 5.41) is 5.40. The summed E-state index contributed by atoms with van der Waals surface area (Å²) in [6.07, 6.45) is 2.12. The number of halogens is 2. The number of hydrogen-bond acceptors (Lipinski definition) is 2. The molecule has 2 aromatic carbocycles. The third-order valence-corrected chi connectivity index (χ3v) is 3.30. The lowest BCUT2D eigenvalue weighted by molar-refractivity contribution is -0.111. The van der Waals surface area contributed by atoms with Crippen LogP contribution in [0, 0.1) is 11.6 Å². The van der Waals surface area contributed by atoms with Gasteiger partial charge in [-0.3, -0.25) is 9.59 Å². The summed E-state index contributed by atoms with van der Waals surface area (Å²) in [6.45, 7) is 5.64. The Bertz CT molecular complexity index is 818. The van der Waals surface area contributed by atoms with Crippen molar-refractivity contribution in [3.05, 3.63) is 71.3 Å². The minimum Gasteiger partial charge on any atom is -0.347 e. The molecule has 0 aliphatic rings. The van der Waals surface area contributed by atoms with E-state index < -0.39 is 17.5 Å². The van der Waals surface area contributed by atoms with Crippen LogP contribution >= 0.6 is 0 Å². The molecule has 2 rings (SSSR count). The maximum absolute atomic E-state index is 13.5. The Labute approximate surface area is 150 Å². The minimum absolute atomic E-state index is 0.217. The zero-order valence-corrected chi connectivity index (χ0v) is 14.8. The highest BCUT2D eigenvalue weighted by Crippen LogP contribution is 2.14. The SMILES string of the molecule is CC(C)(C)NC(=O)c1ccc(NC(=O)/C=C/c2c(F)cccc2F)cc1. The van der Waals surface area contributed by atoms with Gasteiger partial charge in [-0.1, -0.05) is 6.07 Å². The molecule has 0 fully saturated rings. The van der Waals surface area contributed by atoms with Crippen molar-refractivity contribution in [1.29, 1.82) is 0 Å². The molecule has 26 heavy (non-hydrogen) atoms. The fourth-order valence-corrected chi connectivity index (χ4v) is 2.13. The quantitative estimate of drug-likeness (QED) is 0.807. The summed E-state index contributed by atoms with van der Waals surface area (Å²) in [5.41, 5.74) is 0.288. The van der Waals surface area contributed by atoms with E-state index in [1.807, 2.05) is 20.8 Å². The molecule has 2 aromatic rings. The van der Waals surface area contributed by atoms with Crippen LogP contribution in [0.5, 0.6) is 0 Å². The second-order valence-electron chi connectivity index (χ2n) is 6.74. The monoisotopic (exact) mass is 358 g/mol. The molecule has 0 radical (unpaired) electrons. The van der Waals surface area contributed by atoms with Crippen molar-refractivity contribution in [1.82, 2.24) is 5.32 Å². The molecule has 0 saturated heterocycles. The Balaban J connectivity index is 2.01. The van der Waals surface area contributed by atoms with Crippen LogP contribution in [0.3, 0.4) is 0 Å². The summed E-state index contributed by atoms with van der Waals surface area (Å²) < 4.78 is 27.0. The topological polar surface area (TPSA) is 58.2 Å². The standard InChI is InChI=1S/C20H20F2N2O2/c1-20(2,3)24-19(26)13-7-9-14(10-8-13)23-18(25)12-11-15-16(21)5-4-6-17(15)22/h4-12H,1-3H3,(H,23,25)(H,24,26)/b12-11+. The van der Waals surface area contributed by atoms with Crippen molar-refractivity contribution in [2.45, 2.75) is 26.3 Å². The van der Waals surface area contributed by atoms with Gasteiger partial charge in [-0.2, -0.15) is 0 Å². The van der Waals surface area contributed by atoms with Gasteiger partial charge in [-0.25, -0.2) is 8.78 Å². The number of amides is 2. The number of benzene rings is 2. The van der Waals surface area contributed by atoms with E-state index in [1.54, 1.807) is 24.3 Å². The molecule has 2 N–H and O–H groups in total. The molecule has 0 aromatic heterocycles. The average molecular weight is 358 g/mol. The molecular weight excluding hydrogens is 338 g/mol. The van der Waals surface area contributed by atoms with E-state index in [0.29, 0.717) is 11.3 Å². The molecule has 0 atom stereocenters. The maximum Gasteiger partial charge on any atom is 0.251 e. The van der Waals surface area contributed by atoms with Gasteiger partial charge in [0, 0.05) is 28.4 Å². The second kappa shape index (κ2) is 7.91. The summed E-state index contributed by atoms with van der Waals surface area (Å²) in [4.78, 5) is 23.9. The molecule has 0 heterocycles. The normalized spacial score (nSPS) is 11.4. The molecule has 2 amide bonds. The zero-order chi connectivity index (χ0) is 19.3. The average Bonchev–Trinajstić information content (AvgIpc) is 2.53. The van der Waals surface area contributed by atoms with Crippen molar-refractivity contribution >= 4 is 23.6 Å². The first-order valence-corrected chi connectivity index (χ1v) is 8.01. The maximum atomic E-state index is 13.5. The molecule has 0 saturated carbocycles. The van der Waals surface area contributed by atoms with E-state index >= 15 is 0 Å². The number of carbonyl (C=O) groups excluding carboxylic acids is 2. The van der Waals surface area contributed by atoms with Crippen LogP contribution in [0.1, 0.15) is 36.7 Å². The molecule has 136 valence electrons. The Hall–Kier alpha value is -3.02. The first kappa shape index (κ1) is 19.3. The van der Waals surface area contributed by atoms with Crippen LogP contribution in [-0.4, -0.2) is 17.4 Å². The summed E-state index contributed by atoms with van der Waals surface area (Å²) in [7, 11) is 0. The highest BCUT2D eigenvalue weighted by Gasteiger charge is 2.15. The number of anilines is 1. The number of nitrogens with one attached hydrogen (secondary N) is 2. The Kier molecular flexibility index (Phi) is 5.87. The zero-order valence-electron chi connectivity index (χ0n) is 14.8. The highest BCUT2D eigenvalue weighted by atomic mass is 19.1.